The van der Waals surface area contributed by atoms with Crippen LogP contribution < -0.4 is 4.74 Å². The first kappa shape index (κ1) is 25.2. The SMILES string of the molecule is COc1cc(/C=C(\Br)c2cccc(-c3ccccc3)c2C)c(C)cc1CN1CCCC[C@H]1C(=O)O. The molecule has 1 fully saturated rings. The summed E-state index contributed by atoms with van der Waals surface area (Å²) in [6.07, 6.45) is 4.83. The summed E-state index contributed by atoms with van der Waals surface area (Å²) in [5.74, 6) is 0.0450. The van der Waals surface area contributed by atoms with Crippen LogP contribution in [0, 0.1) is 13.8 Å². The molecule has 0 aromatic heterocycles. The van der Waals surface area contributed by atoms with Gasteiger partial charge in [0.25, 0.3) is 0 Å². The Kier molecular flexibility index (Phi) is 8.09. The van der Waals surface area contributed by atoms with Gasteiger partial charge in [0.05, 0.1) is 7.11 Å². The van der Waals surface area contributed by atoms with E-state index in [1.807, 2.05) is 6.07 Å². The third-order valence-electron chi connectivity index (χ3n) is 6.90. The number of methoxy groups -OCH3 is 1. The van der Waals surface area contributed by atoms with E-state index >= 15 is 0 Å². The smallest absolute Gasteiger partial charge is 0.320 e. The molecule has 0 spiro atoms. The number of rotatable bonds is 7. The largest absolute Gasteiger partial charge is 0.496 e. The van der Waals surface area contributed by atoms with Crippen molar-refractivity contribution in [2.24, 2.45) is 0 Å². The first-order valence-corrected chi connectivity index (χ1v) is 12.8. The van der Waals surface area contributed by atoms with Gasteiger partial charge in [-0.2, -0.15) is 0 Å². The van der Waals surface area contributed by atoms with Crippen LogP contribution in [0.1, 0.15) is 47.1 Å². The molecule has 3 aromatic rings. The molecule has 0 radical (unpaired) electrons. The Morgan fingerprint density at radius 1 is 1.11 bits per heavy atom. The van der Waals surface area contributed by atoms with Crippen molar-refractivity contribution in [2.75, 3.05) is 13.7 Å². The minimum Gasteiger partial charge on any atom is -0.496 e. The van der Waals surface area contributed by atoms with E-state index in [0.717, 1.165) is 51.9 Å². The summed E-state index contributed by atoms with van der Waals surface area (Å²) >= 11 is 3.83. The van der Waals surface area contributed by atoms with Crippen molar-refractivity contribution < 1.29 is 14.6 Å². The van der Waals surface area contributed by atoms with Crippen LogP contribution in [0.4, 0.5) is 0 Å². The number of hydrogen-bond donors (Lipinski definition) is 1. The number of likely N-dealkylation sites (tertiary alicyclic amines) is 1. The number of carbonyl (C=O) groups is 1. The molecule has 0 aliphatic carbocycles. The Labute approximate surface area is 216 Å². The van der Waals surface area contributed by atoms with Gasteiger partial charge in [0.1, 0.15) is 11.8 Å². The highest BCUT2D eigenvalue weighted by Crippen LogP contribution is 2.35. The highest BCUT2D eigenvalue weighted by Gasteiger charge is 2.29. The summed E-state index contributed by atoms with van der Waals surface area (Å²) in [5, 5.41) is 9.65. The molecule has 4 rings (SSSR count). The lowest BCUT2D eigenvalue weighted by molar-refractivity contribution is -0.144. The molecule has 182 valence electrons. The summed E-state index contributed by atoms with van der Waals surface area (Å²) in [6.45, 7) is 5.61. The van der Waals surface area contributed by atoms with Crippen LogP contribution in [0.15, 0.2) is 60.7 Å². The van der Waals surface area contributed by atoms with Crippen LogP contribution in [-0.4, -0.2) is 35.7 Å². The predicted octanol–water partition coefficient (Wildman–Crippen LogP) is 7.31. The summed E-state index contributed by atoms with van der Waals surface area (Å²) in [4.78, 5) is 13.8. The number of aryl methyl sites for hydroxylation is 1. The van der Waals surface area contributed by atoms with Crippen molar-refractivity contribution in [3.05, 3.63) is 88.5 Å². The van der Waals surface area contributed by atoms with Gasteiger partial charge in [-0.25, -0.2) is 0 Å². The molecule has 0 amide bonds. The summed E-state index contributed by atoms with van der Waals surface area (Å²) in [6, 6.07) is 20.6. The predicted molar refractivity (Wildman–Crippen MR) is 147 cm³/mol. The standard InChI is InChI=1S/C30H32BrNO3/c1-20-16-24(19-32-15-8-7-14-28(32)30(33)34)29(35-3)18-23(20)17-27(31)26-13-9-12-25(21(26)2)22-10-5-4-6-11-22/h4-6,9-13,16-18,28H,7-8,14-15,19H2,1-3H3,(H,33,34)/b27-17-/t28-/m0/s1. The monoisotopic (exact) mass is 533 g/mol. The van der Waals surface area contributed by atoms with Crippen molar-refractivity contribution >= 4 is 32.5 Å². The molecule has 1 N–H and O–H groups in total. The maximum atomic E-state index is 11.7. The van der Waals surface area contributed by atoms with E-state index in [9.17, 15) is 9.90 Å². The van der Waals surface area contributed by atoms with Gasteiger partial charge in [-0.15, -0.1) is 0 Å². The maximum Gasteiger partial charge on any atom is 0.320 e. The van der Waals surface area contributed by atoms with Crippen LogP contribution in [-0.2, 0) is 11.3 Å². The van der Waals surface area contributed by atoms with Gasteiger partial charge in [-0.3, -0.25) is 9.69 Å². The van der Waals surface area contributed by atoms with Crippen molar-refractivity contribution in [1.82, 2.24) is 4.90 Å². The molecule has 0 saturated carbocycles. The van der Waals surface area contributed by atoms with Gasteiger partial charge >= 0.3 is 5.97 Å². The molecule has 0 bridgehead atoms. The second-order valence-corrected chi connectivity index (χ2v) is 10.0. The van der Waals surface area contributed by atoms with E-state index in [4.69, 9.17) is 4.74 Å². The molecule has 1 aliphatic rings. The Balaban J connectivity index is 1.65. The zero-order valence-corrected chi connectivity index (χ0v) is 22.1. The van der Waals surface area contributed by atoms with Crippen LogP contribution in [0.5, 0.6) is 5.75 Å². The van der Waals surface area contributed by atoms with E-state index in [1.165, 1.54) is 16.7 Å². The fourth-order valence-corrected chi connectivity index (χ4v) is 5.63. The highest BCUT2D eigenvalue weighted by atomic mass is 79.9. The van der Waals surface area contributed by atoms with E-state index in [2.05, 4.69) is 95.4 Å². The number of aliphatic carboxylic acids is 1. The fraction of sp³-hybridized carbons (Fsp3) is 0.300. The topological polar surface area (TPSA) is 49.8 Å². The molecule has 5 heteroatoms. The zero-order chi connectivity index (χ0) is 24.9. The second kappa shape index (κ2) is 11.2. The normalized spacial score (nSPS) is 16.8. The van der Waals surface area contributed by atoms with Gasteiger partial charge in [0.2, 0.25) is 0 Å². The minimum absolute atomic E-state index is 0.428. The third-order valence-corrected chi connectivity index (χ3v) is 7.56. The number of ether oxygens (including phenoxy) is 1. The van der Waals surface area contributed by atoms with Gasteiger partial charge < -0.3 is 9.84 Å². The minimum atomic E-state index is -0.739. The Hall–Kier alpha value is -2.89. The van der Waals surface area contributed by atoms with Crippen LogP contribution in [0.25, 0.3) is 21.7 Å². The third kappa shape index (κ3) is 5.68. The van der Waals surface area contributed by atoms with E-state index in [-0.39, 0.29) is 0 Å². The molecular formula is C30H32BrNO3. The van der Waals surface area contributed by atoms with Gasteiger partial charge in [-0.1, -0.05) is 76.9 Å². The Bertz CT molecular complexity index is 1240. The fourth-order valence-electron chi connectivity index (χ4n) is 4.95. The van der Waals surface area contributed by atoms with Gasteiger partial charge in [-0.05, 0) is 78.8 Å². The number of piperidine rings is 1. The summed E-state index contributed by atoms with van der Waals surface area (Å²) < 4.78 is 6.75. The van der Waals surface area contributed by atoms with Crippen molar-refractivity contribution in [3.8, 4) is 16.9 Å². The molecule has 3 aromatic carbocycles. The highest BCUT2D eigenvalue weighted by molar-refractivity contribution is 9.15. The summed E-state index contributed by atoms with van der Waals surface area (Å²) in [7, 11) is 1.68. The van der Waals surface area contributed by atoms with Crippen LogP contribution in [0.3, 0.4) is 0 Å². The average Bonchev–Trinajstić information content (AvgIpc) is 2.86. The molecule has 4 nitrogen and oxygen atoms in total. The number of nitrogens with zero attached hydrogens (tertiary/aromatic N) is 1. The lowest BCUT2D eigenvalue weighted by Gasteiger charge is -2.33. The van der Waals surface area contributed by atoms with Crippen molar-refractivity contribution in [2.45, 2.75) is 45.7 Å². The molecule has 1 heterocycles. The second-order valence-electron chi connectivity index (χ2n) is 9.18. The molecule has 1 aliphatic heterocycles. The number of benzene rings is 3. The van der Waals surface area contributed by atoms with Gasteiger partial charge in [0.15, 0.2) is 0 Å². The lowest BCUT2D eigenvalue weighted by Crippen LogP contribution is -2.44. The number of halogens is 1. The average molecular weight is 534 g/mol. The van der Waals surface area contributed by atoms with E-state index in [1.54, 1.807) is 7.11 Å². The Morgan fingerprint density at radius 2 is 1.89 bits per heavy atom. The molecule has 1 saturated heterocycles. The first-order chi connectivity index (χ1) is 16.9. The first-order valence-electron chi connectivity index (χ1n) is 12.1. The summed E-state index contributed by atoms with van der Waals surface area (Å²) in [5.41, 5.74) is 7.99. The number of hydrogen-bond acceptors (Lipinski definition) is 3. The molecule has 1 atom stereocenters. The van der Waals surface area contributed by atoms with Crippen LogP contribution >= 0.6 is 15.9 Å². The van der Waals surface area contributed by atoms with E-state index < -0.39 is 12.0 Å². The van der Waals surface area contributed by atoms with E-state index in [0.29, 0.717) is 13.0 Å². The maximum absolute atomic E-state index is 11.7. The molecule has 35 heavy (non-hydrogen) atoms. The van der Waals surface area contributed by atoms with Gasteiger partial charge in [0, 0.05) is 16.6 Å². The van der Waals surface area contributed by atoms with Crippen LogP contribution in [0.2, 0.25) is 0 Å². The zero-order valence-electron chi connectivity index (χ0n) is 20.6. The van der Waals surface area contributed by atoms with Crippen molar-refractivity contribution in [1.29, 1.82) is 0 Å². The van der Waals surface area contributed by atoms with Crippen molar-refractivity contribution in [3.63, 3.8) is 0 Å². The molecule has 0 unspecified atom stereocenters. The quantitative estimate of drug-likeness (QED) is 0.323. The number of carboxylic acid groups (broad SMARTS) is 1. The lowest BCUT2D eigenvalue weighted by atomic mass is 9.95. The molecular weight excluding hydrogens is 502 g/mol. The Morgan fingerprint density at radius 3 is 2.60 bits per heavy atom. The number of carboxylic acids is 1.